The second-order valence-corrected chi connectivity index (χ2v) is 7.88. The molecule has 0 unspecified atom stereocenters. The summed E-state index contributed by atoms with van der Waals surface area (Å²) in [5, 5.41) is 13.2. The van der Waals surface area contributed by atoms with Crippen LogP contribution in [0.1, 0.15) is 21.5 Å². The number of carbonyl (C=O) groups is 2. The first-order valence-electron chi connectivity index (χ1n) is 10.0. The molecule has 32 heavy (non-hydrogen) atoms. The van der Waals surface area contributed by atoms with Crippen LogP contribution in [0.2, 0.25) is 5.02 Å². The number of aromatic nitrogens is 4. The number of likely N-dealkylation sites (N-methyl/N-ethyl adjacent to an activating group) is 1. The summed E-state index contributed by atoms with van der Waals surface area (Å²) < 4.78 is 1.52. The molecule has 3 N–H and O–H groups in total. The van der Waals surface area contributed by atoms with Crippen molar-refractivity contribution in [3.63, 3.8) is 0 Å². The molecule has 2 amide bonds. The van der Waals surface area contributed by atoms with Crippen LogP contribution in [0, 0.1) is 0 Å². The monoisotopic (exact) mass is 454 g/mol. The Kier molecular flexibility index (Phi) is 5.95. The molecule has 1 aliphatic rings. The number of fused-ring (bicyclic) bond motifs is 1. The predicted molar refractivity (Wildman–Crippen MR) is 122 cm³/mol. The molecule has 0 spiro atoms. The topological polar surface area (TPSA) is 117 Å². The number of aryl methyl sites for hydroxylation is 1. The molecule has 11 heteroatoms. The molecule has 0 atom stereocenters. The molecule has 3 aromatic rings. The van der Waals surface area contributed by atoms with E-state index in [2.05, 4.69) is 31.0 Å². The Labute approximate surface area is 190 Å². The third kappa shape index (κ3) is 4.35. The first-order valence-corrected chi connectivity index (χ1v) is 10.4. The molecule has 3 heterocycles. The van der Waals surface area contributed by atoms with Crippen molar-refractivity contribution in [1.82, 2.24) is 30.0 Å². The number of amides is 2. The van der Waals surface area contributed by atoms with E-state index < -0.39 is 0 Å². The molecule has 0 fully saturated rings. The zero-order valence-electron chi connectivity index (χ0n) is 17.9. The second kappa shape index (κ2) is 8.83. The predicted octanol–water partition coefficient (Wildman–Crippen LogP) is 2.27. The highest BCUT2D eigenvalue weighted by atomic mass is 35.5. The average Bonchev–Trinajstić information content (AvgIpc) is 3.07. The van der Waals surface area contributed by atoms with Crippen LogP contribution in [0.5, 0.6) is 0 Å². The first-order chi connectivity index (χ1) is 15.4. The third-order valence-electron chi connectivity index (χ3n) is 5.34. The quantitative estimate of drug-likeness (QED) is 0.541. The van der Waals surface area contributed by atoms with Crippen molar-refractivity contribution in [3.8, 4) is 0 Å². The van der Waals surface area contributed by atoms with Crippen LogP contribution in [0.4, 0.5) is 23.3 Å². The van der Waals surface area contributed by atoms with Crippen molar-refractivity contribution < 1.29 is 9.59 Å². The summed E-state index contributed by atoms with van der Waals surface area (Å²) in [6.07, 6.45) is 4.11. The van der Waals surface area contributed by atoms with Gasteiger partial charge >= 0.3 is 0 Å². The first kappa shape index (κ1) is 21.6. The molecule has 4 rings (SSSR count). The van der Waals surface area contributed by atoms with Crippen LogP contribution >= 0.6 is 11.6 Å². The molecule has 10 nitrogen and oxygen atoms in total. The van der Waals surface area contributed by atoms with E-state index in [-0.39, 0.29) is 16.8 Å². The number of hydrogen-bond donors (Lipinski definition) is 3. The van der Waals surface area contributed by atoms with Crippen molar-refractivity contribution >= 4 is 46.7 Å². The fraction of sp³-hybridized carbons (Fsp3) is 0.286. The number of rotatable bonds is 5. The standard InChI is InChI=1S/C21H23ClN8O2/c1-23-20(32)15-10-25-30(3)19(15)27-18-16(22)11-24-21(28-18)26-14-5-4-12-6-7-29(2)17(31)9-13(12)8-14/h4-5,8,10-11H,6-7,9H2,1-3H3,(H,23,32)(H2,24,26,27,28). The van der Waals surface area contributed by atoms with Crippen LogP contribution in [0.3, 0.4) is 0 Å². The summed E-state index contributed by atoms with van der Waals surface area (Å²) in [4.78, 5) is 34.8. The Hall–Kier alpha value is -3.66. The van der Waals surface area contributed by atoms with Gasteiger partial charge in [0.1, 0.15) is 16.4 Å². The summed E-state index contributed by atoms with van der Waals surface area (Å²) >= 11 is 6.29. The van der Waals surface area contributed by atoms with Crippen LogP contribution < -0.4 is 16.0 Å². The lowest BCUT2D eigenvalue weighted by atomic mass is 10.0. The maximum Gasteiger partial charge on any atom is 0.256 e. The molecule has 0 aliphatic carbocycles. The zero-order valence-corrected chi connectivity index (χ0v) is 18.7. The zero-order chi connectivity index (χ0) is 22.8. The lowest BCUT2D eigenvalue weighted by molar-refractivity contribution is -0.128. The van der Waals surface area contributed by atoms with Crippen LogP contribution in [-0.4, -0.2) is 57.1 Å². The van der Waals surface area contributed by atoms with Gasteiger partial charge in [-0.3, -0.25) is 14.3 Å². The number of halogens is 1. The van der Waals surface area contributed by atoms with Gasteiger partial charge in [-0.05, 0) is 29.7 Å². The summed E-state index contributed by atoms with van der Waals surface area (Å²) in [6.45, 7) is 0.708. The van der Waals surface area contributed by atoms with E-state index in [1.165, 1.54) is 17.1 Å². The molecule has 0 saturated carbocycles. The average molecular weight is 455 g/mol. The van der Waals surface area contributed by atoms with Gasteiger partial charge in [0.25, 0.3) is 5.91 Å². The molecule has 1 aliphatic heterocycles. The number of hydrogen-bond acceptors (Lipinski definition) is 7. The van der Waals surface area contributed by atoms with E-state index in [0.29, 0.717) is 36.1 Å². The Bertz CT molecular complexity index is 1190. The van der Waals surface area contributed by atoms with Crippen molar-refractivity contribution in [2.45, 2.75) is 12.8 Å². The highest BCUT2D eigenvalue weighted by molar-refractivity contribution is 6.33. The van der Waals surface area contributed by atoms with Gasteiger partial charge in [-0.1, -0.05) is 17.7 Å². The van der Waals surface area contributed by atoms with E-state index in [1.807, 2.05) is 25.2 Å². The largest absolute Gasteiger partial charge is 0.355 e. The van der Waals surface area contributed by atoms with Gasteiger partial charge in [0, 0.05) is 33.4 Å². The fourth-order valence-corrected chi connectivity index (χ4v) is 3.60. The van der Waals surface area contributed by atoms with Gasteiger partial charge in [0.15, 0.2) is 5.82 Å². The van der Waals surface area contributed by atoms with Gasteiger partial charge in [0.05, 0.1) is 18.8 Å². The summed E-state index contributed by atoms with van der Waals surface area (Å²) in [7, 11) is 5.07. The SMILES string of the molecule is CNC(=O)c1cnn(C)c1Nc1nc(Nc2ccc3c(c2)CC(=O)N(C)CC3)ncc1Cl. The molecule has 0 radical (unpaired) electrons. The lowest BCUT2D eigenvalue weighted by Gasteiger charge is -2.13. The Morgan fingerprint density at radius 1 is 1.16 bits per heavy atom. The van der Waals surface area contributed by atoms with Crippen molar-refractivity contribution in [2.75, 3.05) is 31.3 Å². The Balaban J connectivity index is 1.58. The van der Waals surface area contributed by atoms with Gasteiger partial charge in [-0.15, -0.1) is 0 Å². The van der Waals surface area contributed by atoms with Gasteiger partial charge in [-0.2, -0.15) is 10.1 Å². The van der Waals surface area contributed by atoms with Gasteiger partial charge in [0.2, 0.25) is 11.9 Å². The number of anilines is 4. The van der Waals surface area contributed by atoms with Gasteiger partial charge < -0.3 is 20.9 Å². The molecule has 166 valence electrons. The van der Waals surface area contributed by atoms with E-state index in [4.69, 9.17) is 11.6 Å². The summed E-state index contributed by atoms with van der Waals surface area (Å²) in [5.74, 6) is 0.901. The summed E-state index contributed by atoms with van der Waals surface area (Å²) in [5.41, 5.74) is 3.27. The molecule has 0 bridgehead atoms. The smallest absolute Gasteiger partial charge is 0.256 e. The number of nitrogens with one attached hydrogen (secondary N) is 3. The minimum atomic E-state index is -0.283. The third-order valence-corrected chi connectivity index (χ3v) is 5.61. The maximum absolute atomic E-state index is 12.2. The Morgan fingerprint density at radius 3 is 2.75 bits per heavy atom. The molecule has 2 aromatic heterocycles. The minimum absolute atomic E-state index is 0.0956. The maximum atomic E-state index is 12.2. The van der Waals surface area contributed by atoms with Crippen LogP contribution in [0.15, 0.2) is 30.6 Å². The van der Waals surface area contributed by atoms with E-state index in [9.17, 15) is 9.59 Å². The second-order valence-electron chi connectivity index (χ2n) is 7.48. The van der Waals surface area contributed by atoms with Crippen molar-refractivity contribution in [3.05, 3.63) is 52.3 Å². The van der Waals surface area contributed by atoms with E-state index >= 15 is 0 Å². The molecule has 0 saturated heterocycles. The van der Waals surface area contributed by atoms with Crippen LogP contribution in [0.25, 0.3) is 0 Å². The van der Waals surface area contributed by atoms with Crippen LogP contribution in [-0.2, 0) is 24.7 Å². The lowest BCUT2D eigenvalue weighted by Crippen LogP contribution is -2.27. The Morgan fingerprint density at radius 2 is 1.97 bits per heavy atom. The molecular weight excluding hydrogens is 432 g/mol. The highest BCUT2D eigenvalue weighted by Crippen LogP contribution is 2.27. The molecule has 1 aromatic carbocycles. The van der Waals surface area contributed by atoms with E-state index in [1.54, 1.807) is 19.0 Å². The number of benzene rings is 1. The van der Waals surface area contributed by atoms with E-state index in [0.717, 1.165) is 23.2 Å². The normalized spacial score (nSPS) is 13.4. The summed E-state index contributed by atoms with van der Waals surface area (Å²) in [6, 6.07) is 5.90. The van der Waals surface area contributed by atoms with Crippen molar-refractivity contribution in [1.29, 1.82) is 0 Å². The number of nitrogens with zero attached hydrogens (tertiary/aromatic N) is 5. The minimum Gasteiger partial charge on any atom is -0.355 e. The fourth-order valence-electron chi connectivity index (χ4n) is 3.47. The highest BCUT2D eigenvalue weighted by Gasteiger charge is 2.19. The van der Waals surface area contributed by atoms with Gasteiger partial charge in [-0.25, -0.2) is 4.98 Å². The number of carbonyl (C=O) groups excluding carboxylic acids is 2. The van der Waals surface area contributed by atoms with Crippen molar-refractivity contribution in [2.24, 2.45) is 7.05 Å². The molecular formula is C21H23ClN8O2.